The Morgan fingerprint density at radius 1 is 1.40 bits per heavy atom. The number of hydrogen-bond donors (Lipinski definition) is 1. The maximum Gasteiger partial charge on any atom is 0.161 e. The average molecular weight is 142 g/mol. The van der Waals surface area contributed by atoms with E-state index in [0.29, 0.717) is 12.8 Å². The van der Waals surface area contributed by atoms with Crippen molar-refractivity contribution in [3.63, 3.8) is 0 Å². The van der Waals surface area contributed by atoms with Gasteiger partial charge in [0.25, 0.3) is 0 Å². The Morgan fingerprint density at radius 2 is 2.00 bits per heavy atom. The third-order valence-corrected chi connectivity index (χ3v) is 1.52. The lowest BCUT2D eigenvalue weighted by molar-refractivity contribution is -0.129. The molecule has 0 bridgehead atoms. The molecule has 0 aliphatic heterocycles. The first-order chi connectivity index (χ1) is 4.80. The lowest BCUT2D eigenvalue weighted by Crippen LogP contribution is -2.23. The van der Waals surface area contributed by atoms with Crippen LogP contribution in [-0.2, 0) is 4.79 Å². The van der Waals surface area contributed by atoms with E-state index in [0.717, 1.165) is 12.8 Å². The minimum atomic E-state index is -0.635. The van der Waals surface area contributed by atoms with E-state index in [1.165, 1.54) is 0 Å². The second-order valence-corrected chi connectivity index (χ2v) is 2.23. The molecule has 0 spiro atoms. The molecule has 0 aromatic rings. The van der Waals surface area contributed by atoms with Crippen molar-refractivity contribution in [3.8, 4) is 0 Å². The maximum absolute atomic E-state index is 10.5. The average Bonchev–Trinajstić information content (AvgIpc) is 2.00. The molecule has 0 heterocycles. The second-order valence-electron chi connectivity index (χ2n) is 2.23. The van der Waals surface area contributed by atoms with Gasteiger partial charge in [-0.1, -0.05) is 0 Å². The zero-order valence-corrected chi connectivity index (χ0v) is 6.18. The van der Waals surface area contributed by atoms with Crippen LogP contribution >= 0.6 is 0 Å². The molecule has 0 saturated heterocycles. The van der Waals surface area contributed by atoms with Crippen molar-refractivity contribution in [2.45, 2.75) is 31.8 Å². The number of rotatable bonds is 0. The van der Waals surface area contributed by atoms with Gasteiger partial charge in [0.15, 0.2) is 5.78 Å². The van der Waals surface area contributed by atoms with Crippen LogP contribution in [0.4, 0.5) is 0 Å². The monoisotopic (exact) mass is 142 g/mol. The summed E-state index contributed by atoms with van der Waals surface area (Å²) >= 11 is 0. The minimum absolute atomic E-state index is 0.0243. The number of carbonyl (C=O) groups is 1. The molecule has 1 aliphatic carbocycles. The first-order valence-corrected chi connectivity index (χ1v) is 3.51. The highest BCUT2D eigenvalue weighted by molar-refractivity contribution is 5.83. The van der Waals surface area contributed by atoms with E-state index in [2.05, 4.69) is 13.2 Å². The van der Waals surface area contributed by atoms with Crippen LogP contribution in [0.15, 0.2) is 13.2 Å². The van der Waals surface area contributed by atoms with E-state index < -0.39 is 6.10 Å². The SMILES string of the molecule is C=C.O=C1CCCCC1O. The Kier molecular flexibility index (Phi) is 4.85. The number of aliphatic hydroxyl groups is 1. The van der Waals surface area contributed by atoms with Crippen LogP contribution in [0.25, 0.3) is 0 Å². The molecule has 0 aromatic heterocycles. The molecule has 1 unspecified atom stereocenters. The molecule has 1 fully saturated rings. The van der Waals surface area contributed by atoms with E-state index in [4.69, 9.17) is 5.11 Å². The molecule has 10 heavy (non-hydrogen) atoms. The predicted molar refractivity (Wildman–Crippen MR) is 40.7 cm³/mol. The van der Waals surface area contributed by atoms with Crippen LogP contribution in [0.5, 0.6) is 0 Å². The van der Waals surface area contributed by atoms with Gasteiger partial charge >= 0.3 is 0 Å². The van der Waals surface area contributed by atoms with E-state index in [1.54, 1.807) is 0 Å². The Morgan fingerprint density at radius 3 is 2.30 bits per heavy atom. The van der Waals surface area contributed by atoms with Gasteiger partial charge in [0, 0.05) is 6.42 Å². The molecular weight excluding hydrogens is 128 g/mol. The molecular formula is C8H14O2. The minimum Gasteiger partial charge on any atom is -0.385 e. The smallest absolute Gasteiger partial charge is 0.161 e. The first kappa shape index (κ1) is 9.37. The van der Waals surface area contributed by atoms with Gasteiger partial charge < -0.3 is 5.11 Å². The van der Waals surface area contributed by atoms with Crippen LogP contribution in [0, 0.1) is 0 Å². The van der Waals surface area contributed by atoms with Gasteiger partial charge in [-0.15, -0.1) is 13.2 Å². The molecule has 1 saturated carbocycles. The van der Waals surface area contributed by atoms with Gasteiger partial charge in [-0.2, -0.15) is 0 Å². The largest absolute Gasteiger partial charge is 0.385 e. The number of Topliss-reactive ketones (excluding diaryl/α,β-unsaturated/α-hetero) is 1. The summed E-state index contributed by atoms with van der Waals surface area (Å²) in [5, 5.41) is 8.83. The highest BCUT2D eigenvalue weighted by Gasteiger charge is 2.18. The molecule has 2 heteroatoms. The molecule has 1 aliphatic rings. The molecule has 1 atom stereocenters. The molecule has 0 aromatic carbocycles. The standard InChI is InChI=1S/C6H10O2.C2H4/c7-5-3-1-2-4-6(5)8;1-2/h5,7H,1-4H2;1-2H2. The predicted octanol–water partition coefficient (Wildman–Crippen LogP) is 1.29. The normalized spacial score (nSPS) is 24.9. The molecule has 1 rings (SSSR count). The lowest BCUT2D eigenvalue weighted by atomic mass is 9.97. The number of carbonyl (C=O) groups excluding carboxylic acids is 1. The van der Waals surface area contributed by atoms with Crippen molar-refractivity contribution in [2.75, 3.05) is 0 Å². The maximum atomic E-state index is 10.5. The second kappa shape index (κ2) is 5.18. The fraction of sp³-hybridized carbons (Fsp3) is 0.625. The van der Waals surface area contributed by atoms with E-state index in [1.807, 2.05) is 0 Å². The quantitative estimate of drug-likeness (QED) is 0.517. The summed E-state index contributed by atoms with van der Waals surface area (Å²) in [6.45, 7) is 6.00. The zero-order valence-electron chi connectivity index (χ0n) is 6.18. The Bertz CT molecular complexity index is 110. The summed E-state index contributed by atoms with van der Waals surface area (Å²) in [5.74, 6) is 0.0243. The van der Waals surface area contributed by atoms with Crippen LogP contribution in [0.3, 0.4) is 0 Å². The highest BCUT2D eigenvalue weighted by Crippen LogP contribution is 2.13. The van der Waals surface area contributed by atoms with Gasteiger partial charge in [0.2, 0.25) is 0 Å². The van der Waals surface area contributed by atoms with E-state index in [-0.39, 0.29) is 5.78 Å². The summed E-state index contributed by atoms with van der Waals surface area (Å²) in [6.07, 6.45) is 2.60. The fourth-order valence-electron chi connectivity index (χ4n) is 0.965. The fourth-order valence-corrected chi connectivity index (χ4v) is 0.965. The topological polar surface area (TPSA) is 37.3 Å². The summed E-state index contributed by atoms with van der Waals surface area (Å²) in [6, 6.07) is 0. The number of ketones is 1. The van der Waals surface area contributed by atoms with Gasteiger partial charge in [-0.3, -0.25) is 4.79 Å². The molecule has 0 amide bonds. The molecule has 2 nitrogen and oxygen atoms in total. The third kappa shape index (κ3) is 2.78. The van der Waals surface area contributed by atoms with Crippen molar-refractivity contribution in [2.24, 2.45) is 0 Å². The Balaban J connectivity index is 0.000000371. The first-order valence-electron chi connectivity index (χ1n) is 3.51. The lowest BCUT2D eigenvalue weighted by Gasteiger charge is -2.13. The summed E-state index contributed by atoms with van der Waals surface area (Å²) in [5.41, 5.74) is 0. The summed E-state index contributed by atoms with van der Waals surface area (Å²) in [7, 11) is 0. The van der Waals surface area contributed by atoms with Crippen LogP contribution in [0.2, 0.25) is 0 Å². The zero-order chi connectivity index (χ0) is 7.98. The highest BCUT2D eigenvalue weighted by atomic mass is 16.3. The van der Waals surface area contributed by atoms with Crippen LogP contribution < -0.4 is 0 Å². The van der Waals surface area contributed by atoms with E-state index >= 15 is 0 Å². The van der Waals surface area contributed by atoms with Crippen molar-refractivity contribution >= 4 is 5.78 Å². The van der Waals surface area contributed by atoms with Crippen molar-refractivity contribution in [1.82, 2.24) is 0 Å². The van der Waals surface area contributed by atoms with Crippen molar-refractivity contribution < 1.29 is 9.90 Å². The van der Waals surface area contributed by atoms with Gasteiger partial charge in [-0.05, 0) is 19.3 Å². The Hall–Kier alpha value is -0.630. The van der Waals surface area contributed by atoms with Crippen molar-refractivity contribution in [3.05, 3.63) is 13.2 Å². The van der Waals surface area contributed by atoms with Crippen molar-refractivity contribution in [1.29, 1.82) is 0 Å². The third-order valence-electron chi connectivity index (χ3n) is 1.52. The van der Waals surface area contributed by atoms with Crippen LogP contribution in [-0.4, -0.2) is 17.0 Å². The van der Waals surface area contributed by atoms with Gasteiger partial charge in [0.1, 0.15) is 6.10 Å². The molecule has 0 radical (unpaired) electrons. The van der Waals surface area contributed by atoms with Gasteiger partial charge in [-0.25, -0.2) is 0 Å². The Labute approximate surface area is 61.6 Å². The summed E-state index contributed by atoms with van der Waals surface area (Å²) < 4.78 is 0. The van der Waals surface area contributed by atoms with E-state index in [9.17, 15) is 4.79 Å². The number of hydrogen-bond acceptors (Lipinski definition) is 2. The molecule has 58 valence electrons. The number of aliphatic hydroxyl groups excluding tert-OH is 1. The van der Waals surface area contributed by atoms with Gasteiger partial charge in [0.05, 0.1) is 0 Å². The molecule has 1 N–H and O–H groups in total. The summed E-state index contributed by atoms with van der Waals surface area (Å²) in [4.78, 5) is 10.5. The van der Waals surface area contributed by atoms with Crippen LogP contribution in [0.1, 0.15) is 25.7 Å².